The topological polar surface area (TPSA) is 78.4 Å². The summed E-state index contributed by atoms with van der Waals surface area (Å²) in [7, 11) is 0. The molecule has 1 aromatic carbocycles. The van der Waals surface area contributed by atoms with Crippen molar-refractivity contribution in [2.75, 3.05) is 5.32 Å². The molecule has 0 radical (unpaired) electrons. The van der Waals surface area contributed by atoms with E-state index in [1.54, 1.807) is 19.1 Å². The number of hydrogen-bond donors (Lipinski definition) is 3. The molecular formula is C16H22N2O3. The van der Waals surface area contributed by atoms with Crippen molar-refractivity contribution in [3.8, 4) is 0 Å². The fraction of sp³-hybridized carbons (Fsp3) is 0.500. The third-order valence-electron chi connectivity index (χ3n) is 4.16. The van der Waals surface area contributed by atoms with Crippen LogP contribution in [-0.4, -0.2) is 23.1 Å². The van der Waals surface area contributed by atoms with Crippen molar-refractivity contribution in [1.29, 1.82) is 0 Å². The summed E-state index contributed by atoms with van der Waals surface area (Å²) in [6, 6.07) is 4.83. The molecule has 0 spiro atoms. The van der Waals surface area contributed by atoms with E-state index >= 15 is 0 Å². The van der Waals surface area contributed by atoms with Crippen LogP contribution in [0.3, 0.4) is 0 Å². The Balaban J connectivity index is 1.97. The standard InChI is InChI=1S/C16H22N2O3/c1-10-6-8-12(9-7-10)17-16(21)18-14-5-3-4-13(11(14)2)15(19)20/h3-5,10,12H,6-9H2,1-2H3,(H,19,20)(H2,17,18,21). The number of anilines is 1. The van der Waals surface area contributed by atoms with Crippen LogP contribution in [0.4, 0.5) is 10.5 Å². The molecule has 1 aromatic rings. The lowest BCUT2D eigenvalue weighted by molar-refractivity contribution is 0.0696. The van der Waals surface area contributed by atoms with Crippen LogP contribution in [0.15, 0.2) is 18.2 Å². The number of amides is 2. The molecule has 0 aromatic heterocycles. The Kier molecular flexibility index (Phi) is 4.83. The zero-order valence-corrected chi connectivity index (χ0v) is 12.5. The van der Waals surface area contributed by atoms with Gasteiger partial charge in [0.05, 0.1) is 5.56 Å². The highest BCUT2D eigenvalue weighted by Gasteiger charge is 2.20. The summed E-state index contributed by atoms with van der Waals surface area (Å²) in [4.78, 5) is 23.1. The van der Waals surface area contributed by atoms with E-state index in [4.69, 9.17) is 5.11 Å². The molecular weight excluding hydrogens is 268 g/mol. The van der Waals surface area contributed by atoms with Gasteiger partial charge in [-0.05, 0) is 56.2 Å². The van der Waals surface area contributed by atoms with Crippen LogP contribution in [-0.2, 0) is 0 Å². The average molecular weight is 290 g/mol. The fourth-order valence-corrected chi connectivity index (χ4v) is 2.75. The number of hydrogen-bond acceptors (Lipinski definition) is 2. The molecule has 1 saturated carbocycles. The summed E-state index contributed by atoms with van der Waals surface area (Å²) in [5, 5.41) is 14.8. The first kappa shape index (κ1) is 15.4. The number of urea groups is 1. The lowest BCUT2D eigenvalue weighted by Gasteiger charge is -2.27. The van der Waals surface area contributed by atoms with Gasteiger partial charge in [-0.3, -0.25) is 0 Å². The molecule has 1 fully saturated rings. The van der Waals surface area contributed by atoms with Crippen molar-refractivity contribution in [2.45, 2.75) is 45.6 Å². The van der Waals surface area contributed by atoms with E-state index in [1.807, 2.05) is 0 Å². The summed E-state index contributed by atoms with van der Waals surface area (Å²) < 4.78 is 0. The Hall–Kier alpha value is -2.04. The van der Waals surface area contributed by atoms with E-state index < -0.39 is 5.97 Å². The first-order chi connectivity index (χ1) is 9.97. The van der Waals surface area contributed by atoms with Gasteiger partial charge in [0.2, 0.25) is 0 Å². The van der Waals surface area contributed by atoms with Gasteiger partial charge in [0.15, 0.2) is 0 Å². The van der Waals surface area contributed by atoms with Crippen LogP contribution in [0.5, 0.6) is 0 Å². The smallest absolute Gasteiger partial charge is 0.336 e. The molecule has 21 heavy (non-hydrogen) atoms. The summed E-state index contributed by atoms with van der Waals surface area (Å²) in [6.07, 6.45) is 4.28. The lowest BCUT2D eigenvalue weighted by Crippen LogP contribution is -2.40. The van der Waals surface area contributed by atoms with E-state index in [2.05, 4.69) is 17.6 Å². The van der Waals surface area contributed by atoms with Gasteiger partial charge < -0.3 is 15.7 Å². The molecule has 0 atom stereocenters. The number of carboxylic acids is 1. The molecule has 0 unspecified atom stereocenters. The van der Waals surface area contributed by atoms with Crippen molar-refractivity contribution < 1.29 is 14.7 Å². The Morgan fingerprint density at radius 3 is 2.48 bits per heavy atom. The quantitative estimate of drug-likeness (QED) is 0.798. The number of carboxylic acid groups (broad SMARTS) is 1. The van der Waals surface area contributed by atoms with E-state index in [9.17, 15) is 9.59 Å². The molecule has 0 heterocycles. The Bertz CT molecular complexity index is 534. The molecule has 1 aliphatic rings. The van der Waals surface area contributed by atoms with Crippen LogP contribution in [0.1, 0.15) is 48.5 Å². The van der Waals surface area contributed by atoms with Gasteiger partial charge in [-0.1, -0.05) is 13.0 Å². The molecule has 1 aliphatic carbocycles. The van der Waals surface area contributed by atoms with Crippen molar-refractivity contribution in [3.05, 3.63) is 29.3 Å². The molecule has 2 amide bonds. The van der Waals surface area contributed by atoms with Crippen molar-refractivity contribution in [1.82, 2.24) is 5.32 Å². The highest BCUT2D eigenvalue weighted by atomic mass is 16.4. The second-order valence-corrected chi connectivity index (χ2v) is 5.84. The first-order valence-corrected chi connectivity index (χ1v) is 7.37. The van der Waals surface area contributed by atoms with E-state index in [1.165, 1.54) is 6.07 Å². The van der Waals surface area contributed by atoms with Gasteiger partial charge in [-0.25, -0.2) is 9.59 Å². The number of benzene rings is 1. The monoisotopic (exact) mass is 290 g/mol. The minimum absolute atomic E-state index is 0.208. The maximum atomic E-state index is 12.0. The van der Waals surface area contributed by atoms with E-state index in [0.29, 0.717) is 11.3 Å². The zero-order valence-electron chi connectivity index (χ0n) is 12.5. The predicted octanol–water partition coefficient (Wildman–Crippen LogP) is 3.39. The number of aromatic carboxylic acids is 1. The van der Waals surface area contributed by atoms with Crippen molar-refractivity contribution in [3.63, 3.8) is 0 Å². The van der Waals surface area contributed by atoms with Gasteiger partial charge in [0.1, 0.15) is 0 Å². The first-order valence-electron chi connectivity index (χ1n) is 7.37. The van der Waals surface area contributed by atoms with Gasteiger partial charge in [-0.2, -0.15) is 0 Å². The molecule has 2 rings (SSSR count). The Morgan fingerprint density at radius 1 is 1.19 bits per heavy atom. The molecule has 5 heteroatoms. The van der Waals surface area contributed by atoms with Crippen LogP contribution in [0.25, 0.3) is 0 Å². The SMILES string of the molecule is Cc1c(NC(=O)NC2CCC(C)CC2)cccc1C(=O)O. The van der Waals surface area contributed by atoms with E-state index in [0.717, 1.165) is 31.6 Å². The Morgan fingerprint density at radius 2 is 1.86 bits per heavy atom. The summed E-state index contributed by atoms with van der Waals surface area (Å²) >= 11 is 0. The number of carbonyl (C=O) groups is 2. The maximum absolute atomic E-state index is 12.0. The van der Waals surface area contributed by atoms with Crippen LogP contribution < -0.4 is 10.6 Å². The van der Waals surface area contributed by atoms with Gasteiger partial charge >= 0.3 is 12.0 Å². The number of rotatable bonds is 3. The third kappa shape index (κ3) is 3.97. The predicted molar refractivity (Wildman–Crippen MR) is 81.7 cm³/mol. The van der Waals surface area contributed by atoms with Crippen LogP contribution in [0.2, 0.25) is 0 Å². The molecule has 0 bridgehead atoms. The molecule has 3 N–H and O–H groups in total. The molecule has 0 aliphatic heterocycles. The van der Waals surface area contributed by atoms with Gasteiger partial charge in [0.25, 0.3) is 0 Å². The average Bonchev–Trinajstić information content (AvgIpc) is 2.43. The molecule has 5 nitrogen and oxygen atoms in total. The minimum atomic E-state index is -0.988. The highest BCUT2D eigenvalue weighted by Crippen LogP contribution is 2.24. The van der Waals surface area contributed by atoms with E-state index in [-0.39, 0.29) is 17.6 Å². The second-order valence-electron chi connectivity index (χ2n) is 5.84. The minimum Gasteiger partial charge on any atom is -0.478 e. The highest BCUT2D eigenvalue weighted by molar-refractivity contribution is 5.95. The largest absolute Gasteiger partial charge is 0.478 e. The second kappa shape index (κ2) is 6.61. The fourth-order valence-electron chi connectivity index (χ4n) is 2.75. The molecule has 114 valence electrons. The third-order valence-corrected chi connectivity index (χ3v) is 4.16. The maximum Gasteiger partial charge on any atom is 0.336 e. The number of carbonyl (C=O) groups excluding carboxylic acids is 1. The van der Waals surface area contributed by atoms with Crippen LogP contribution >= 0.6 is 0 Å². The summed E-state index contributed by atoms with van der Waals surface area (Å²) in [6.45, 7) is 3.93. The lowest BCUT2D eigenvalue weighted by atomic mass is 9.87. The van der Waals surface area contributed by atoms with Crippen LogP contribution in [0, 0.1) is 12.8 Å². The summed E-state index contributed by atoms with van der Waals surface area (Å²) in [5.74, 6) is -0.251. The number of nitrogens with one attached hydrogen (secondary N) is 2. The van der Waals surface area contributed by atoms with Gasteiger partial charge in [-0.15, -0.1) is 0 Å². The van der Waals surface area contributed by atoms with Gasteiger partial charge in [0, 0.05) is 11.7 Å². The summed E-state index contributed by atoms with van der Waals surface area (Å²) in [5.41, 5.74) is 1.31. The van der Waals surface area contributed by atoms with Crippen molar-refractivity contribution >= 4 is 17.7 Å². The van der Waals surface area contributed by atoms with Crippen molar-refractivity contribution in [2.24, 2.45) is 5.92 Å². The normalized spacial score (nSPS) is 21.6. The molecule has 0 saturated heterocycles. The zero-order chi connectivity index (χ0) is 15.4. The Labute approximate surface area is 124 Å².